The number of β-amino-alcohol motifs (C(OH)–C–C–N with tert-alkyl or cyclic N) is 1. The third kappa shape index (κ3) is 5.11. The molecule has 0 aromatic rings. The van der Waals surface area contributed by atoms with Crippen LogP contribution in [-0.2, 0) is 4.74 Å². The topological polar surface area (TPSA) is 79.0 Å². The number of likely N-dealkylation sites (tertiary alicyclic amines) is 2. The Morgan fingerprint density at radius 1 is 1.23 bits per heavy atom. The third-order valence-corrected chi connectivity index (χ3v) is 4.50. The molecule has 128 valence electrons. The quantitative estimate of drug-likeness (QED) is 0.800. The van der Waals surface area contributed by atoms with Gasteiger partial charge in [-0.3, -0.25) is 0 Å². The lowest BCUT2D eigenvalue weighted by molar-refractivity contribution is -0.0529. The minimum absolute atomic E-state index is 0.279. The lowest BCUT2D eigenvalue weighted by Gasteiger charge is -2.42. The minimum atomic E-state index is -0.694. The van der Waals surface area contributed by atoms with E-state index in [1.807, 2.05) is 20.8 Å². The summed E-state index contributed by atoms with van der Waals surface area (Å²) in [6.07, 6.45) is 2.93. The Kier molecular flexibility index (Phi) is 5.35. The molecule has 6 nitrogen and oxygen atoms in total. The predicted octanol–water partition coefficient (Wildman–Crippen LogP) is 1.17. The van der Waals surface area contributed by atoms with Gasteiger partial charge in [0.15, 0.2) is 0 Å². The van der Waals surface area contributed by atoms with E-state index >= 15 is 0 Å². The van der Waals surface area contributed by atoms with Crippen LogP contribution in [0, 0.1) is 0 Å². The van der Waals surface area contributed by atoms with Crippen LogP contribution in [0.4, 0.5) is 4.79 Å². The van der Waals surface area contributed by atoms with Gasteiger partial charge in [0.05, 0.1) is 5.60 Å². The van der Waals surface area contributed by atoms with Crippen molar-refractivity contribution in [2.24, 2.45) is 5.73 Å². The van der Waals surface area contributed by atoms with Crippen molar-refractivity contribution in [2.75, 3.05) is 32.7 Å². The summed E-state index contributed by atoms with van der Waals surface area (Å²) in [6, 6.07) is 0.305. The van der Waals surface area contributed by atoms with E-state index in [1.165, 1.54) is 0 Å². The molecule has 2 aliphatic rings. The van der Waals surface area contributed by atoms with Crippen molar-refractivity contribution in [1.29, 1.82) is 0 Å². The number of rotatable bonds is 2. The molecule has 0 aliphatic carbocycles. The Morgan fingerprint density at radius 3 is 2.27 bits per heavy atom. The molecule has 0 aromatic heterocycles. The number of nitrogens with two attached hydrogens (primary N) is 1. The molecule has 22 heavy (non-hydrogen) atoms. The van der Waals surface area contributed by atoms with Gasteiger partial charge in [-0.1, -0.05) is 0 Å². The summed E-state index contributed by atoms with van der Waals surface area (Å²) in [5.41, 5.74) is 4.75. The molecule has 2 heterocycles. The average Bonchev–Trinajstić information content (AvgIpc) is 2.40. The number of amides is 1. The van der Waals surface area contributed by atoms with Gasteiger partial charge in [0.25, 0.3) is 0 Å². The Bertz CT molecular complexity index is 379. The molecule has 0 unspecified atom stereocenters. The summed E-state index contributed by atoms with van der Waals surface area (Å²) in [5.74, 6) is 0. The SMILES string of the molecule is CC(C)(C)OC(=O)N1CCC(O)(CN2CCC(N)CC2)CC1. The van der Waals surface area contributed by atoms with Crippen LogP contribution in [0.25, 0.3) is 0 Å². The van der Waals surface area contributed by atoms with E-state index in [4.69, 9.17) is 10.5 Å². The summed E-state index contributed by atoms with van der Waals surface area (Å²) in [7, 11) is 0. The van der Waals surface area contributed by atoms with Crippen LogP contribution in [0.15, 0.2) is 0 Å². The van der Waals surface area contributed by atoms with Crippen molar-refractivity contribution in [3.8, 4) is 0 Å². The van der Waals surface area contributed by atoms with Crippen LogP contribution in [0.2, 0.25) is 0 Å². The molecule has 0 atom stereocenters. The van der Waals surface area contributed by atoms with E-state index in [-0.39, 0.29) is 6.09 Å². The van der Waals surface area contributed by atoms with Crippen molar-refractivity contribution in [3.63, 3.8) is 0 Å². The Balaban J connectivity index is 1.79. The van der Waals surface area contributed by atoms with Crippen molar-refractivity contribution in [2.45, 2.75) is 63.7 Å². The zero-order chi connectivity index (χ0) is 16.4. The van der Waals surface area contributed by atoms with Gasteiger partial charge in [-0.2, -0.15) is 0 Å². The first-order valence-corrected chi connectivity index (χ1v) is 8.35. The molecule has 0 bridgehead atoms. The number of aliphatic hydroxyl groups is 1. The highest BCUT2D eigenvalue weighted by atomic mass is 16.6. The number of hydrogen-bond acceptors (Lipinski definition) is 5. The van der Waals surface area contributed by atoms with Crippen LogP contribution in [-0.4, -0.2) is 71.0 Å². The first-order chi connectivity index (χ1) is 10.2. The number of carbonyl (C=O) groups excluding carboxylic acids is 1. The zero-order valence-corrected chi connectivity index (χ0v) is 14.2. The third-order valence-electron chi connectivity index (χ3n) is 4.50. The lowest BCUT2D eigenvalue weighted by Crippen LogP contribution is -2.54. The van der Waals surface area contributed by atoms with Gasteiger partial charge in [-0.15, -0.1) is 0 Å². The highest BCUT2D eigenvalue weighted by molar-refractivity contribution is 5.68. The zero-order valence-electron chi connectivity index (χ0n) is 14.2. The van der Waals surface area contributed by atoms with Gasteiger partial charge in [0.1, 0.15) is 5.60 Å². The number of nitrogens with zero attached hydrogens (tertiary/aromatic N) is 2. The fourth-order valence-electron chi connectivity index (χ4n) is 3.12. The van der Waals surface area contributed by atoms with Crippen LogP contribution < -0.4 is 5.73 Å². The second kappa shape index (κ2) is 6.72. The maximum absolute atomic E-state index is 12.0. The van der Waals surface area contributed by atoms with Crippen molar-refractivity contribution < 1.29 is 14.6 Å². The molecule has 2 saturated heterocycles. The molecular formula is C16H31N3O3. The number of carbonyl (C=O) groups is 1. The molecule has 3 N–H and O–H groups in total. The number of piperidine rings is 2. The first kappa shape index (κ1) is 17.5. The Labute approximate surface area is 133 Å². The van der Waals surface area contributed by atoms with Crippen LogP contribution in [0.3, 0.4) is 0 Å². The van der Waals surface area contributed by atoms with E-state index in [0.717, 1.165) is 25.9 Å². The van der Waals surface area contributed by atoms with E-state index in [0.29, 0.717) is 38.5 Å². The normalized spacial score (nSPS) is 24.3. The van der Waals surface area contributed by atoms with Gasteiger partial charge < -0.3 is 25.4 Å². The maximum Gasteiger partial charge on any atom is 0.410 e. The van der Waals surface area contributed by atoms with Gasteiger partial charge >= 0.3 is 6.09 Å². The van der Waals surface area contributed by atoms with Gasteiger partial charge in [0, 0.05) is 25.7 Å². The molecule has 2 fully saturated rings. The van der Waals surface area contributed by atoms with Crippen molar-refractivity contribution in [3.05, 3.63) is 0 Å². The van der Waals surface area contributed by atoms with Crippen LogP contribution >= 0.6 is 0 Å². The van der Waals surface area contributed by atoms with Crippen LogP contribution in [0.5, 0.6) is 0 Å². The Hall–Kier alpha value is -0.850. The van der Waals surface area contributed by atoms with Crippen LogP contribution in [0.1, 0.15) is 46.5 Å². The molecule has 0 radical (unpaired) electrons. The molecule has 2 aliphatic heterocycles. The Morgan fingerprint density at radius 2 is 1.77 bits per heavy atom. The fourth-order valence-corrected chi connectivity index (χ4v) is 3.12. The number of hydrogen-bond donors (Lipinski definition) is 2. The summed E-state index contributed by atoms with van der Waals surface area (Å²) >= 11 is 0. The van der Waals surface area contributed by atoms with Gasteiger partial charge in [-0.05, 0) is 59.5 Å². The van der Waals surface area contributed by atoms with E-state index in [9.17, 15) is 9.90 Å². The second-order valence-electron chi connectivity index (χ2n) is 7.81. The molecule has 0 saturated carbocycles. The van der Waals surface area contributed by atoms with Crippen molar-refractivity contribution in [1.82, 2.24) is 9.80 Å². The predicted molar refractivity (Wildman–Crippen MR) is 85.6 cm³/mol. The summed E-state index contributed by atoms with van der Waals surface area (Å²) in [5, 5.41) is 10.8. The molecule has 0 aromatic carbocycles. The smallest absolute Gasteiger partial charge is 0.410 e. The molecule has 6 heteroatoms. The fraction of sp³-hybridized carbons (Fsp3) is 0.938. The number of ether oxygens (including phenoxy) is 1. The highest BCUT2D eigenvalue weighted by Gasteiger charge is 2.37. The standard InChI is InChI=1S/C16H31N3O3/c1-15(2,3)22-14(20)19-10-6-16(21,7-11-19)12-18-8-4-13(17)5-9-18/h13,21H,4-12,17H2,1-3H3. The van der Waals surface area contributed by atoms with E-state index < -0.39 is 11.2 Å². The largest absolute Gasteiger partial charge is 0.444 e. The maximum atomic E-state index is 12.0. The summed E-state index contributed by atoms with van der Waals surface area (Å²) < 4.78 is 5.39. The van der Waals surface area contributed by atoms with E-state index in [2.05, 4.69) is 4.90 Å². The summed E-state index contributed by atoms with van der Waals surface area (Å²) in [6.45, 7) is 9.31. The second-order valence-corrected chi connectivity index (χ2v) is 7.81. The summed E-state index contributed by atoms with van der Waals surface area (Å²) in [4.78, 5) is 16.0. The molecule has 1 amide bonds. The molecule has 2 rings (SSSR count). The highest BCUT2D eigenvalue weighted by Crippen LogP contribution is 2.25. The lowest BCUT2D eigenvalue weighted by atomic mass is 9.90. The van der Waals surface area contributed by atoms with E-state index in [1.54, 1.807) is 4.90 Å². The van der Waals surface area contributed by atoms with Crippen molar-refractivity contribution >= 4 is 6.09 Å². The molecular weight excluding hydrogens is 282 g/mol. The van der Waals surface area contributed by atoms with Gasteiger partial charge in [-0.25, -0.2) is 4.79 Å². The molecule has 0 spiro atoms. The monoisotopic (exact) mass is 313 g/mol. The van der Waals surface area contributed by atoms with Gasteiger partial charge in [0.2, 0.25) is 0 Å². The minimum Gasteiger partial charge on any atom is -0.444 e. The average molecular weight is 313 g/mol. The first-order valence-electron chi connectivity index (χ1n) is 8.35.